The monoisotopic (exact) mass is 358 g/mol. The number of hydrogen-bond donors (Lipinski definition) is 0. The normalized spacial score (nSPS) is 12.3. The maximum absolute atomic E-state index is 3.88. The number of unbranched alkanes of at least 4 members (excludes halogenated alkanes) is 6. The molecule has 0 nitrogen and oxygen atoms in total. The zero-order chi connectivity index (χ0) is 19.9. The summed E-state index contributed by atoms with van der Waals surface area (Å²) in [7, 11) is 0. The lowest BCUT2D eigenvalue weighted by Crippen LogP contribution is -1.93. The van der Waals surface area contributed by atoms with Gasteiger partial charge in [-0.25, -0.2) is 0 Å². The van der Waals surface area contributed by atoms with E-state index in [0.717, 1.165) is 6.42 Å². The van der Waals surface area contributed by atoms with E-state index in [-0.39, 0.29) is 0 Å². The van der Waals surface area contributed by atoms with Crippen LogP contribution in [0.4, 0.5) is 0 Å². The largest absolute Gasteiger partial charge is 0.103 e. The van der Waals surface area contributed by atoms with Crippen LogP contribution in [-0.2, 0) is 0 Å². The molecule has 0 aromatic carbocycles. The first-order chi connectivity index (χ1) is 12.7. The van der Waals surface area contributed by atoms with E-state index in [0.29, 0.717) is 5.92 Å². The first-order valence-corrected chi connectivity index (χ1v) is 10.8. The molecule has 0 heterocycles. The summed E-state index contributed by atoms with van der Waals surface area (Å²) in [6.45, 7) is 17.8. The van der Waals surface area contributed by atoms with Crippen molar-refractivity contribution in [3.05, 3.63) is 61.8 Å². The molecule has 0 saturated carbocycles. The Labute approximate surface area is 165 Å². The summed E-state index contributed by atoms with van der Waals surface area (Å²) in [5.74, 6) is 0.632. The molecule has 0 bridgehead atoms. The summed E-state index contributed by atoms with van der Waals surface area (Å²) < 4.78 is 0. The average molecular weight is 359 g/mol. The SMILES string of the molecule is C=CCCCC.C=CCCCC(=CCCCCC=CC)CCC(C)C=C. The van der Waals surface area contributed by atoms with Crippen molar-refractivity contribution >= 4 is 0 Å². The number of rotatable bonds is 16. The summed E-state index contributed by atoms with van der Waals surface area (Å²) in [5.41, 5.74) is 1.64. The molecule has 0 spiro atoms. The van der Waals surface area contributed by atoms with Crippen LogP contribution in [0.25, 0.3) is 0 Å². The van der Waals surface area contributed by atoms with E-state index in [9.17, 15) is 0 Å². The van der Waals surface area contributed by atoms with Crippen molar-refractivity contribution in [1.29, 1.82) is 0 Å². The second-order valence-corrected chi connectivity index (χ2v) is 7.08. The van der Waals surface area contributed by atoms with Crippen LogP contribution in [0.15, 0.2) is 61.8 Å². The van der Waals surface area contributed by atoms with Gasteiger partial charge in [-0.2, -0.15) is 0 Å². The highest BCUT2D eigenvalue weighted by Gasteiger charge is 2.01. The van der Waals surface area contributed by atoms with Crippen molar-refractivity contribution in [1.82, 2.24) is 0 Å². The van der Waals surface area contributed by atoms with Crippen LogP contribution in [0.2, 0.25) is 0 Å². The Morgan fingerprint density at radius 2 is 1.50 bits per heavy atom. The zero-order valence-corrected chi connectivity index (χ0v) is 18.1. The Morgan fingerprint density at radius 3 is 2.04 bits per heavy atom. The van der Waals surface area contributed by atoms with Crippen molar-refractivity contribution in [2.24, 2.45) is 5.92 Å². The third-order valence-electron chi connectivity index (χ3n) is 4.48. The van der Waals surface area contributed by atoms with Crippen LogP contribution < -0.4 is 0 Å². The highest BCUT2D eigenvalue weighted by Crippen LogP contribution is 2.19. The van der Waals surface area contributed by atoms with Crippen molar-refractivity contribution in [2.75, 3.05) is 0 Å². The maximum atomic E-state index is 3.88. The van der Waals surface area contributed by atoms with Crippen LogP contribution in [0.3, 0.4) is 0 Å². The molecule has 0 heteroatoms. The van der Waals surface area contributed by atoms with Gasteiger partial charge in [0.15, 0.2) is 0 Å². The van der Waals surface area contributed by atoms with Gasteiger partial charge in [-0.3, -0.25) is 0 Å². The van der Waals surface area contributed by atoms with Crippen molar-refractivity contribution < 1.29 is 0 Å². The molecular weight excluding hydrogens is 312 g/mol. The molecule has 150 valence electrons. The fourth-order valence-electron chi connectivity index (χ4n) is 2.56. The van der Waals surface area contributed by atoms with E-state index in [2.05, 4.69) is 64.8 Å². The Hall–Kier alpha value is -1.30. The number of hydrogen-bond acceptors (Lipinski definition) is 0. The maximum Gasteiger partial charge on any atom is -0.0262 e. The van der Waals surface area contributed by atoms with Gasteiger partial charge >= 0.3 is 0 Å². The minimum absolute atomic E-state index is 0.632. The highest BCUT2D eigenvalue weighted by molar-refractivity contribution is 5.03. The minimum atomic E-state index is 0.632. The second-order valence-electron chi connectivity index (χ2n) is 7.08. The van der Waals surface area contributed by atoms with Gasteiger partial charge in [0.2, 0.25) is 0 Å². The first kappa shape index (κ1) is 26.9. The fraction of sp³-hybridized carbons (Fsp3) is 0.615. The van der Waals surface area contributed by atoms with Crippen LogP contribution >= 0.6 is 0 Å². The predicted molar refractivity (Wildman–Crippen MR) is 124 cm³/mol. The molecular formula is C26H46. The fourth-order valence-corrected chi connectivity index (χ4v) is 2.56. The molecule has 0 amide bonds. The first-order valence-electron chi connectivity index (χ1n) is 10.8. The van der Waals surface area contributed by atoms with Gasteiger partial charge in [-0.15, -0.1) is 19.7 Å². The molecule has 0 aliphatic heterocycles. The molecule has 0 aliphatic rings. The third kappa shape index (κ3) is 22.7. The third-order valence-corrected chi connectivity index (χ3v) is 4.48. The smallest absolute Gasteiger partial charge is 0.0262 e. The number of allylic oxidation sites excluding steroid dienone is 7. The molecule has 1 atom stereocenters. The molecule has 1 unspecified atom stereocenters. The van der Waals surface area contributed by atoms with Gasteiger partial charge < -0.3 is 0 Å². The lowest BCUT2D eigenvalue weighted by atomic mass is 9.96. The van der Waals surface area contributed by atoms with Gasteiger partial charge in [0.25, 0.3) is 0 Å². The van der Waals surface area contributed by atoms with Crippen LogP contribution in [0.5, 0.6) is 0 Å². The van der Waals surface area contributed by atoms with Crippen LogP contribution in [-0.4, -0.2) is 0 Å². The molecule has 0 aromatic heterocycles. The minimum Gasteiger partial charge on any atom is -0.103 e. The van der Waals surface area contributed by atoms with Gasteiger partial charge in [-0.1, -0.05) is 68.7 Å². The molecule has 0 radical (unpaired) electrons. The zero-order valence-electron chi connectivity index (χ0n) is 18.1. The second kappa shape index (κ2) is 23.7. The van der Waals surface area contributed by atoms with Gasteiger partial charge in [-0.05, 0) is 77.0 Å². The molecule has 0 fully saturated rings. The Bertz CT molecular complexity index is 369. The average Bonchev–Trinajstić information content (AvgIpc) is 2.66. The topological polar surface area (TPSA) is 0 Å². The molecule has 0 N–H and O–H groups in total. The molecule has 0 aromatic rings. The van der Waals surface area contributed by atoms with Gasteiger partial charge in [0, 0.05) is 0 Å². The van der Waals surface area contributed by atoms with E-state index >= 15 is 0 Å². The molecule has 0 rings (SSSR count). The van der Waals surface area contributed by atoms with Crippen molar-refractivity contribution in [3.63, 3.8) is 0 Å². The van der Waals surface area contributed by atoms with Gasteiger partial charge in [0.1, 0.15) is 0 Å². The quantitative estimate of drug-likeness (QED) is 0.190. The lowest BCUT2D eigenvalue weighted by molar-refractivity contribution is 0.624. The summed E-state index contributed by atoms with van der Waals surface area (Å²) >= 11 is 0. The molecule has 26 heavy (non-hydrogen) atoms. The molecule has 0 aliphatic carbocycles. The highest BCUT2D eigenvalue weighted by atomic mass is 14.1. The van der Waals surface area contributed by atoms with E-state index in [1.165, 1.54) is 70.6 Å². The standard InChI is InChI=1S/C20H34.C6H12/c1-5-8-10-11-12-14-16-20(15-13-9-6-2)18-17-19(4)7-3;1-3-5-6-4-2/h5-8,16,19H,2-3,9-15,17-18H2,1,4H3;3H,1,4-6H2,2H3. The summed E-state index contributed by atoms with van der Waals surface area (Å²) in [4.78, 5) is 0. The van der Waals surface area contributed by atoms with E-state index in [1.807, 2.05) is 12.2 Å². The van der Waals surface area contributed by atoms with Gasteiger partial charge in [0.05, 0.1) is 0 Å². The summed E-state index contributed by atoms with van der Waals surface area (Å²) in [6.07, 6.45) is 27.9. The Kier molecular flexibility index (Phi) is 24.5. The van der Waals surface area contributed by atoms with E-state index < -0.39 is 0 Å². The lowest BCUT2D eigenvalue weighted by Gasteiger charge is -2.10. The van der Waals surface area contributed by atoms with Crippen molar-refractivity contribution in [3.8, 4) is 0 Å². The van der Waals surface area contributed by atoms with Crippen LogP contribution in [0, 0.1) is 5.92 Å². The summed E-state index contributed by atoms with van der Waals surface area (Å²) in [6, 6.07) is 0. The molecule has 0 saturated heterocycles. The predicted octanol–water partition coefficient (Wildman–Crippen LogP) is 9.37. The van der Waals surface area contributed by atoms with Crippen LogP contribution in [0.1, 0.15) is 97.8 Å². The van der Waals surface area contributed by atoms with E-state index in [4.69, 9.17) is 0 Å². The van der Waals surface area contributed by atoms with Crippen molar-refractivity contribution in [2.45, 2.75) is 97.8 Å². The Balaban J connectivity index is 0. The van der Waals surface area contributed by atoms with E-state index in [1.54, 1.807) is 5.57 Å². The summed E-state index contributed by atoms with van der Waals surface area (Å²) in [5, 5.41) is 0. The Morgan fingerprint density at radius 1 is 0.846 bits per heavy atom.